The third-order valence-corrected chi connectivity index (χ3v) is 3.29. The first-order chi connectivity index (χ1) is 12.6. The van der Waals surface area contributed by atoms with Crippen molar-refractivity contribution in [3.63, 3.8) is 0 Å². The van der Waals surface area contributed by atoms with Crippen molar-refractivity contribution in [2.45, 2.75) is 25.9 Å². The smallest absolute Gasteiger partial charge is 0.435 e. The molecule has 2 rings (SSSR count). The molecule has 0 saturated carbocycles. The molecule has 27 heavy (non-hydrogen) atoms. The van der Waals surface area contributed by atoms with Gasteiger partial charge in [0, 0.05) is 0 Å². The van der Waals surface area contributed by atoms with Crippen LogP contribution in [0, 0.1) is 0 Å². The van der Waals surface area contributed by atoms with E-state index in [-0.39, 0.29) is 11.4 Å². The zero-order valence-corrected chi connectivity index (χ0v) is 13.9. The normalized spacial score (nSPS) is 12.4. The van der Waals surface area contributed by atoms with Gasteiger partial charge in [-0.1, -0.05) is 24.3 Å². The second-order valence-corrected chi connectivity index (χ2v) is 5.32. The Hall–Kier alpha value is -3.04. The number of nitrogens with one attached hydrogen (secondary N) is 2. The SMILES string of the molecule is CC(NC(=O)Nc1ccccc1OC(F)(F)F)c1cccc(OC(F)F)c1. The van der Waals surface area contributed by atoms with Gasteiger partial charge in [-0.2, -0.15) is 8.78 Å². The van der Waals surface area contributed by atoms with Gasteiger partial charge in [0.05, 0.1) is 11.7 Å². The Labute approximate surface area is 151 Å². The summed E-state index contributed by atoms with van der Waals surface area (Å²) >= 11 is 0. The van der Waals surface area contributed by atoms with Crippen molar-refractivity contribution in [3.8, 4) is 11.5 Å². The molecule has 0 aliphatic rings. The number of alkyl halides is 5. The van der Waals surface area contributed by atoms with Crippen LogP contribution in [0.2, 0.25) is 0 Å². The zero-order chi connectivity index (χ0) is 20.0. The maximum atomic E-state index is 12.4. The molecule has 2 aromatic carbocycles. The monoisotopic (exact) mass is 390 g/mol. The molecule has 1 atom stereocenters. The molecule has 0 radical (unpaired) electrons. The summed E-state index contributed by atoms with van der Waals surface area (Å²) in [4.78, 5) is 12.1. The summed E-state index contributed by atoms with van der Waals surface area (Å²) in [7, 11) is 0. The summed E-state index contributed by atoms with van der Waals surface area (Å²) in [6.45, 7) is -1.42. The lowest BCUT2D eigenvalue weighted by atomic mass is 10.1. The molecule has 5 nitrogen and oxygen atoms in total. The molecule has 10 heteroatoms. The first-order valence-electron chi connectivity index (χ1n) is 7.61. The van der Waals surface area contributed by atoms with Crippen LogP contribution in [0.3, 0.4) is 0 Å². The van der Waals surface area contributed by atoms with E-state index in [1.165, 1.54) is 36.4 Å². The Morgan fingerprint density at radius 1 is 1.07 bits per heavy atom. The second-order valence-electron chi connectivity index (χ2n) is 5.32. The Kier molecular flexibility index (Phi) is 6.43. The maximum Gasteiger partial charge on any atom is 0.573 e. The third kappa shape index (κ3) is 6.65. The van der Waals surface area contributed by atoms with Crippen molar-refractivity contribution >= 4 is 11.7 Å². The molecule has 2 N–H and O–H groups in total. The largest absolute Gasteiger partial charge is 0.573 e. The molecule has 2 aromatic rings. The standard InChI is InChI=1S/C17H15F5N2O3/c1-10(11-5-4-6-12(9-11)26-15(18)19)23-16(25)24-13-7-2-3-8-14(13)27-17(20,21)22/h2-10,15H,1H3,(H2,23,24,25). The molecule has 0 aliphatic carbocycles. The second kappa shape index (κ2) is 8.56. The highest BCUT2D eigenvalue weighted by Gasteiger charge is 2.32. The minimum absolute atomic E-state index is 0.0829. The van der Waals surface area contributed by atoms with E-state index in [4.69, 9.17) is 0 Å². The Morgan fingerprint density at radius 3 is 2.44 bits per heavy atom. The highest BCUT2D eigenvalue weighted by molar-refractivity contribution is 5.91. The maximum absolute atomic E-state index is 12.4. The number of para-hydroxylation sites is 2. The van der Waals surface area contributed by atoms with Crippen LogP contribution in [0.5, 0.6) is 11.5 Å². The summed E-state index contributed by atoms with van der Waals surface area (Å²) in [6, 6.07) is 9.28. The van der Waals surface area contributed by atoms with Crippen LogP contribution < -0.4 is 20.1 Å². The van der Waals surface area contributed by atoms with Crippen molar-refractivity contribution in [1.82, 2.24) is 5.32 Å². The van der Waals surface area contributed by atoms with E-state index in [1.54, 1.807) is 13.0 Å². The predicted molar refractivity (Wildman–Crippen MR) is 86.8 cm³/mol. The van der Waals surface area contributed by atoms with E-state index in [1.807, 2.05) is 0 Å². The first kappa shape index (κ1) is 20.3. The highest BCUT2D eigenvalue weighted by atomic mass is 19.4. The number of hydrogen-bond donors (Lipinski definition) is 2. The number of amides is 2. The van der Waals surface area contributed by atoms with Gasteiger partial charge in [0.1, 0.15) is 5.75 Å². The molecule has 2 amide bonds. The molecule has 0 aromatic heterocycles. The zero-order valence-electron chi connectivity index (χ0n) is 13.9. The molecule has 0 aliphatic heterocycles. The Bertz CT molecular complexity index is 783. The number of anilines is 1. The van der Waals surface area contributed by atoms with Gasteiger partial charge in [0.15, 0.2) is 5.75 Å². The first-order valence-corrected chi connectivity index (χ1v) is 7.61. The average molecular weight is 390 g/mol. The summed E-state index contributed by atoms with van der Waals surface area (Å²) in [5, 5.41) is 4.74. The molecule has 0 bridgehead atoms. The summed E-state index contributed by atoms with van der Waals surface area (Å²) in [5.41, 5.74) is 0.275. The highest BCUT2D eigenvalue weighted by Crippen LogP contribution is 2.30. The van der Waals surface area contributed by atoms with Gasteiger partial charge in [-0.15, -0.1) is 13.2 Å². The average Bonchev–Trinajstić information content (AvgIpc) is 2.55. The number of rotatable bonds is 6. The predicted octanol–water partition coefficient (Wildman–Crippen LogP) is 5.07. The van der Waals surface area contributed by atoms with Crippen LogP contribution >= 0.6 is 0 Å². The van der Waals surface area contributed by atoms with Gasteiger partial charge < -0.3 is 20.1 Å². The summed E-state index contributed by atoms with van der Waals surface area (Å²) in [5.74, 6) is -0.652. The van der Waals surface area contributed by atoms with Crippen LogP contribution in [-0.4, -0.2) is 19.0 Å². The topological polar surface area (TPSA) is 59.6 Å². The van der Waals surface area contributed by atoms with E-state index in [0.717, 1.165) is 6.07 Å². The van der Waals surface area contributed by atoms with Crippen LogP contribution in [0.1, 0.15) is 18.5 Å². The number of hydrogen-bond acceptors (Lipinski definition) is 3. The van der Waals surface area contributed by atoms with Gasteiger partial charge in [0.25, 0.3) is 0 Å². The number of ether oxygens (including phenoxy) is 2. The number of benzene rings is 2. The van der Waals surface area contributed by atoms with Crippen molar-refractivity contribution in [2.24, 2.45) is 0 Å². The minimum atomic E-state index is -4.91. The molecular formula is C17H15F5N2O3. The van der Waals surface area contributed by atoms with Crippen LogP contribution in [-0.2, 0) is 0 Å². The Morgan fingerprint density at radius 2 is 1.78 bits per heavy atom. The fourth-order valence-corrected chi connectivity index (χ4v) is 2.18. The third-order valence-electron chi connectivity index (χ3n) is 3.29. The van der Waals surface area contributed by atoms with Crippen molar-refractivity contribution in [1.29, 1.82) is 0 Å². The summed E-state index contributed by atoms with van der Waals surface area (Å²) < 4.78 is 69.9. The van der Waals surface area contributed by atoms with Gasteiger partial charge in [-0.05, 0) is 36.8 Å². The number of halogens is 5. The molecule has 0 heterocycles. The fourth-order valence-electron chi connectivity index (χ4n) is 2.18. The van der Waals surface area contributed by atoms with Crippen LogP contribution in [0.4, 0.5) is 32.4 Å². The number of urea groups is 1. The number of carbonyl (C=O) groups is 1. The van der Waals surface area contributed by atoms with Gasteiger partial charge in [-0.25, -0.2) is 4.79 Å². The lowest BCUT2D eigenvalue weighted by molar-refractivity contribution is -0.274. The van der Waals surface area contributed by atoms with Gasteiger partial charge in [-0.3, -0.25) is 0 Å². The van der Waals surface area contributed by atoms with E-state index in [2.05, 4.69) is 20.1 Å². The van der Waals surface area contributed by atoms with E-state index in [9.17, 15) is 26.7 Å². The fraction of sp³-hybridized carbons (Fsp3) is 0.235. The molecule has 1 unspecified atom stereocenters. The van der Waals surface area contributed by atoms with Crippen molar-refractivity contribution < 1.29 is 36.2 Å². The van der Waals surface area contributed by atoms with Gasteiger partial charge in [0.2, 0.25) is 0 Å². The molecular weight excluding hydrogens is 375 g/mol. The van der Waals surface area contributed by atoms with E-state index < -0.39 is 30.8 Å². The molecule has 0 fully saturated rings. The minimum Gasteiger partial charge on any atom is -0.435 e. The molecule has 0 saturated heterocycles. The Balaban J connectivity index is 2.04. The van der Waals surface area contributed by atoms with Crippen LogP contribution in [0.25, 0.3) is 0 Å². The summed E-state index contributed by atoms with van der Waals surface area (Å²) in [6.07, 6.45) is -4.91. The van der Waals surface area contributed by atoms with Crippen molar-refractivity contribution in [3.05, 3.63) is 54.1 Å². The van der Waals surface area contributed by atoms with Crippen molar-refractivity contribution in [2.75, 3.05) is 5.32 Å². The lowest BCUT2D eigenvalue weighted by Crippen LogP contribution is -2.31. The lowest BCUT2D eigenvalue weighted by Gasteiger charge is -2.18. The van der Waals surface area contributed by atoms with E-state index in [0.29, 0.717) is 5.56 Å². The quantitative estimate of drug-likeness (QED) is 0.677. The number of carbonyl (C=O) groups excluding carboxylic acids is 1. The van der Waals surface area contributed by atoms with Crippen LogP contribution in [0.15, 0.2) is 48.5 Å². The molecule has 0 spiro atoms. The van der Waals surface area contributed by atoms with Gasteiger partial charge >= 0.3 is 19.0 Å². The molecule has 146 valence electrons. The van der Waals surface area contributed by atoms with E-state index >= 15 is 0 Å².